The van der Waals surface area contributed by atoms with Crippen LogP contribution in [0.25, 0.3) is 0 Å². The zero-order valence-electron chi connectivity index (χ0n) is 8.85. The third kappa shape index (κ3) is 2.74. The van der Waals surface area contributed by atoms with Crippen molar-refractivity contribution < 1.29 is 14.3 Å². The van der Waals surface area contributed by atoms with Crippen LogP contribution < -0.4 is 0 Å². The monoisotopic (exact) mass is 308 g/mol. The maximum Gasteiger partial charge on any atom is 0.304 e. The van der Waals surface area contributed by atoms with Crippen LogP contribution in [0.5, 0.6) is 0 Å². The van der Waals surface area contributed by atoms with Gasteiger partial charge < -0.3 is 5.11 Å². The lowest BCUT2D eigenvalue weighted by Crippen LogP contribution is -2.23. The number of hydrogen-bond donors (Lipinski definition) is 1. The second-order valence-corrected chi connectivity index (χ2v) is 5.43. The Morgan fingerprint density at radius 2 is 2.12 bits per heavy atom. The molecule has 1 aromatic carbocycles. The van der Waals surface area contributed by atoms with Crippen molar-refractivity contribution in [1.82, 2.24) is 0 Å². The Kier molecular flexibility index (Phi) is 3.97. The number of halogens is 3. The first-order valence-electron chi connectivity index (χ1n) is 4.61. The van der Waals surface area contributed by atoms with Crippen LogP contribution in [0, 0.1) is 5.82 Å². The standard InChI is InChI=1S/C11H11BrClFO2/c1-11(2,5-8(15)16)9-6(12)3-4-7(13)10(9)14/h3-4H,5H2,1-2H3,(H,15,16). The highest BCUT2D eigenvalue weighted by atomic mass is 79.9. The van der Waals surface area contributed by atoms with Gasteiger partial charge in [0.15, 0.2) is 0 Å². The van der Waals surface area contributed by atoms with Crippen molar-refractivity contribution in [2.45, 2.75) is 25.7 Å². The van der Waals surface area contributed by atoms with Gasteiger partial charge in [-0.05, 0) is 12.1 Å². The van der Waals surface area contributed by atoms with E-state index in [1.165, 1.54) is 6.07 Å². The van der Waals surface area contributed by atoms with E-state index in [9.17, 15) is 9.18 Å². The van der Waals surface area contributed by atoms with E-state index < -0.39 is 17.2 Å². The van der Waals surface area contributed by atoms with Gasteiger partial charge in [-0.3, -0.25) is 4.79 Å². The topological polar surface area (TPSA) is 37.3 Å². The highest BCUT2D eigenvalue weighted by Crippen LogP contribution is 2.37. The number of aliphatic carboxylic acids is 1. The lowest BCUT2D eigenvalue weighted by atomic mass is 9.81. The molecular weight excluding hydrogens is 298 g/mol. The molecule has 0 bridgehead atoms. The van der Waals surface area contributed by atoms with Crippen molar-refractivity contribution in [3.63, 3.8) is 0 Å². The van der Waals surface area contributed by atoms with Crippen LogP contribution in [0.1, 0.15) is 25.8 Å². The van der Waals surface area contributed by atoms with Crippen molar-refractivity contribution >= 4 is 33.5 Å². The number of rotatable bonds is 3. The fourth-order valence-corrected chi connectivity index (χ4v) is 2.61. The van der Waals surface area contributed by atoms with Crippen LogP contribution in [-0.4, -0.2) is 11.1 Å². The molecule has 1 rings (SSSR count). The van der Waals surface area contributed by atoms with Gasteiger partial charge in [0, 0.05) is 15.5 Å². The average Bonchev–Trinajstić information content (AvgIpc) is 2.09. The van der Waals surface area contributed by atoms with E-state index >= 15 is 0 Å². The number of carbonyl (C=O) groups is 1. The SMILES string of the molecule is CC(C)(CC(=O)O)c1c(Br)ccc(Cl)c1F. The highest BCUT2D eigenvalue weighted by Gasteiger charge is 2.30. The minimum Gasteiger partial charge on any atom is -0.481 e. The van der Waals surface area contributed by atoms with Crippen LogP contribution in [0.15, 0.2) is 16.6 Å². The molecule has 0 radical (unpaired) electrons. The molecule has 0 atom stereocenters. The summed E-state index contributed by atoms with van der Waals surface area (Å²) in [5.74, 6) is -1.54. The summed E-state index contributed by atoms with van der Waals surface area (Å²) in [5, 5.41) is 8.79. The van der Waals surface area contributed by atoms with Crippen LogP contribution in [0.4, 0.5) is 4.39 Å². The van der Waals surface area contributed by atoms with E-state index in [0.717, 1.165) is 0 Å². The predicted molar refractivity (Wildman–Crippen MR) is 64.4 cm³/mol. The molecule has 0 saturated heterocycles. The van der Waals surface area contributed by atoms with E-state index in [-0.39, 0.29) is 11.4 Å². The molecule has 0 spiro atoms. The van der Waals surface area contributed by atoms with Crippen LogP contribution >= 0.6 is 27.5 Å². The second-order valence-electron chi connectivity index (χ2n) is 4.17. The minimum atomic E-state index is -0.976. The zero-order chi connectivity index (χ0) is 12.5. The number of benzene rings is 1. The largest absolute Gasteiger partial charge is 0.481 e. The molecule has 0 unspecified atom stereocenters. The average molecular weight is 310 g/mol. The van der Waals surface area contributed by atoms with Gasteiger partial charge in [0.2, 0.25) is 0 Å². The fraction of sp³-hybridized carbons (Fsp3) is 0.364. The second kappa shape index (κ2) is 4.72. The number of carboxylic acids is 1. The third-order valence-corrected chi connectivity index (χ3v) is 3.27. The molecule has 0 aliphatic rings. The molecule has 16 heavy (non-hydrogen) atoms. The van der Waals surface area contributed by atoms with Crippen molar-refractivity contribution in [3.05, 3.63) is 33.0 Å². The summed E-state index contributed by atoms with van der Waals surface area (Å²) in [5.41, 5.74) is -0.526. The maximum atomic E-state index is 13.9. The third-order valence-electron chi connectivity index (χ3n) is 2.31. The normalized spacial score (nSPS) is 11.6. The summed E-state index contributed by atoms with van der Waals surface area (Å²) in [7, 11) is 0. The summed E-state index contributed by atoms with van der Waals surface area (Å²) < 4.78 is 14.4. The Hall–Kier alpha value is -0.610. The first-order chi connectivity index (χ1) is 7.25. The minimum absolute atomic E-state index is 0.00309. The quantitative estimate of drug-likeness (QED) is 0.857. The van der Waals surface area contributed by atoms with E-state index in [0.29, 0.717) is 10.0 Å². The Morgan fingerprint density at radius 3 is 2.62 bits per heavy atom. The first kappa shape index (κ1) is 13.5. The van der Waals surface area contributed by atoms with Gasteiger partial charge in [-0.15, -0.1) is 0 Å². The molecule has 0 heterocycles. The van der Waals surface area contributed by atoms with Crippen molar-refractivity contribution in [2.24, 2.45) is 0 Å². The molecule has 2 nitrogen and oxygen atoms in total. The van der Waals surface area contributed by atoms with Gasteiger partial charge in [-0.1, -0.05) is 41.4 Å². The molecule has 0 aliphatic carbocycles. The molecule has 1 aromatic rings. The number of carboxylic acid groups (broad SMARTS) is 1. The van der Waals surface area contributed by atoms with Crippen molar-refractivity contribution in [3.8, 4) is 0 Å². The lowest BCUT2D eigenvalue weighted by molar-refractivity contribution is -0.138. The Labute approximate surface area is 107 Å². The molecule has 0 saturated carbocycles. The fourth-order valence-electron chi connectivity index (χ4n) is 1.61. The van der Waals surface area contributed by atoms with E-state index in [1.54, 1.807) is 19.9 Å². The van der Waals surface area contributed by atoms with Crippen LogP contribution in [-0.2, 0) is 10.2 Å². The summed E-state index contributed by atoms with van der Waals surface area (Å²) in [4.78, 5) is 10.7. The van der Waals surface area contributed by atoms with Gasteiger partial charge in [0.25, 0.3) is 0 Å². The van der Waals surface area contributed by atoms with Gasteiger partial charge in [-0.2, -0.15) is 0 Å². The number of hydrogen-bond acceptors (Lipinski definition) is 1. The maximum absolute atomic E-state index is 13.9. The summed E-state index contributed by atoms with van der Waals surface area (Å²) >= 11 is 8.90. The summed E-state index contributed by atoms with van der Waals surface area (Å²) in [6, 6.07) is 3.05. The van der Waals surface area contributed by atoms with Gasteiger partial charge >= 0.3 is 5.97 Å². The predicted octanol–water partition coefficient (Wildman–Crippen LogP) is 3.99. The van der Waals surface area contributed by atoms with Gasteiger partial charge in [0.05, 0.1) is 11.4 Å². The van der Waals surface area contributed by atoms with E-state index in [1.807, 2.05) is 0 Å². The van der Waals surface area contributed by atoms with Crippen LogP contribution in [0.2, 0.25) is 5.02 Å². The molecule has 0 aliphatic heterocycles. The molecule has 0 aromatic heterocycles. The Bertz CT molecular complexity index is 432. The van der Waals surface area contributed by atoms with Crippen molar-refractivity contribution in [2.75, 3.05) is 0 Å². The molecule has 5 heteroatoms. The van der Waals surface area contributed by atoms with E-state index in [2.05, 4.69) is 15.9 Å². The Balaban J connectivity index is 3.31. The molecule has 0 fully saturated rings. The first-order valence-corrected chi connectivity index (χ1v) is 5.78. The smallest absolute Gasteiger partial charge is 0.304 e. The molecule has 0 amide bonds. The summed E-state index contributed by atoms with van der Waals surface area (Å²) in [6.45, 7) is 3.33. The molecular formula is C11H11BrClFO2. The van der Waals surface area contributed by atoms with Gasteiger partial charge in [-0.25, -0.2) is 4.39 Å². The summed E-state index contributed by atoms with van der Waals surface area (Å²) in [6.07, 6.45) is -0.164. The van der Waals surface area contributed by atoms with Crippen LogP contribution in [0.3, 0.4) is 0 Å². The van der Waals surface area contributed by atoms with Gasteiger partial charge in [0.1, 0.15) is 5.82 Å². The lowest BCUT2D eigenvalue weighted by Gasteiger charge is -2.25. The molecule has 88 valence electrons. The zero-order valence-corrected chi connectivity index (χ0v) is 11.2. The Morgan fingerprint density at radius 1 is 1.56 bits per heavy atom. The van der Waals surface area contributed by atoms with E-state index in [4.69, 9.17) is 16.7 Å². The van der Waals surface area contributed by atoms with Crippen molar-refractivity contribution in [1.29, 1.82) is 0 Å². The highest BCUT2D eigenvalue weighted by molar-refractivity contribution is 9.10. The molecule has 1 N–H and O–H groups in total.